The Morgan fingerprint density at radius 2 is 1.86 bits per heavy atom. The molecule has 0 aliphatic carbocycles. The lowest BCUT2D eigenvalue weighted by Gasteiger charge is -2.31. The van der Waals surface area contributed by atoms with E-state index in [1.807, 2.05) is 53.7 Å². The first-order valence-corrected chi connectivity index (χ1v) is 10.1. The highest BCUT2D eigenvalue weighted by Gasteiger charge is 2.40. The molecule has 6 nitrogen and oxygen atoms in total. The monoisotopic (exact) mass is 410 g/mol. The number of amides is 2. The standard InChI is InChI=1S/C22H23ClN4O2/c23-18-8-6-16(7-9-18)10-11-24-21(28)15-26-12-13-27-20(22(26)29)14-19(25-27)17-4-2-1-3-5-17/h1-9,12-13,19-20,25H,10-11,14-15H2,(H,24,28). The minimum atomic E-state index is -0.299. The van der Waals surface area contributed by atoms with Gasteiger partial charge in [-0.2, -0.15) is 0 Å². The molecule has 0 bridgehead atoms. The highest BCUT2D eigenvalue weighted by Crippen LogP contribution is 2.30. The van der Waals surface area contributed by atoms with Gasteiger partial charge >= 0.3 is 0 Å². The Morgan fingerprint density at radius 3 is 2.62 bits per heavy atom. The predicted octanol–water partition coefficient (Wildman–Crippen LogP) is 2.63. The Bertz CT molecular complexity index is 901. The summed E-state index contributed by atoms with van der Waals surface area (Å²) in [4.78, 5) is 26.6. The van der Waals surface area contributed by atoms with Crippen molar-refractivity contribution in [1.29, 1.82) is 0 Å². The minimum absolute atomic E-state index is 0.0241. The van der Waals surface area contributed by atoms with Gasteiger partial charge in [0.05, 0.1) is 6.04 Å². The van der Waals surface area contributed by atoms with Crippen LogP contribution in [0.2, 0.25) is 5.02 Å². The van der Waals surface area contributed by atoms with Crippen LogP contribution in [0.5, 0.6) is 0 Å². The maximum Gasteiger partial charge on any atom is 0.251 e. The number of benzene rings is 2. The molecule has 1 fully saturated rings. The van der Waals surface area contributed by atoms with E-state index in [1.54, 1.807) is 6.20 Å². The van der Waals surface area contributed by atoms with Crippen LogP contribution in [-0.2, 0) is 16.0 Å². The van der Waals surface area contributed by atoms with E-state index in [4.69, 9.17) is 11.6 Å². The van der Waals surface area contributed by atoms with Gasteiger partial charge in [-0.15, -0.1) is 0 Å². The van der Waals surface area contributed by atoms with Gasteiger partial charge in [0.1, 0.15) is 12.6 Å². The van der Waals surface area contributed by atoms with E-state index in [9.17, 15) is 9.59 Å². The molecular formula is C22H23ClN4O2. The van der Waals surface area contributed by atoms with Crippen molar-refractivity contribution in [3.63, 3.8) is 0 Å². The molecule has 2 heterocycles. The molecule has 2 N–H and O–H groups in total. The van der Waals surface area contributed by atoms with Gasteiger partial charge in [0.15, 0.2) is 0 Å². The van der Waals surface area contributed by atoms with Gasteiger partial charge in [0, 0.05) is 24.0 Å². The number of nitrogens with one attached hydrogen (secondary N) is 2. The van der Waals surface area contributed by atoms with Crippen LogP contribution in [0.1, 0.15) is 23.6 Å². The molecule has 2 aromatic rings. The number of halogens is 1. The van der Waals surface area contributed by atoms with E-state index in [-0.39, 0.29) is 30.4 Å². The maximum atomic E-state index is 12.8. The molecule has 0 saturated carbocycles. The molecular weight excluding hydrogens is 388 g/mol. The Labute approximate surface area is 175 Å². The average Bonchev–Trinajstić information content (AvgIpc) is 3.18. The van der Waals surface area contributed by atoms with Crippen LogP contribution >= 0.6 is 11.6 Å². The van der Waals surface area contributed by atoms with Crippen molar-refractivity contribution in [3.8, 4) is 0 Å². The summed E-state index contributed by atoms with van der Waals surface area (Å²) in [6.07, 6.45) is 4.88. The molecule has 2 amide bonds. The van der Waals surface area contributed by atoms with Crippen LogP contribution in [0.15, 0.2) is 67.0 Å². The van der Waals surface area contributed by atoms with Gasteiger partial charge in [-0.25, -0.2) is 5.43 Å². The summed E-state index contributed by atoms with van der Waals surface area (Å²) in [5.41, 5.74) is 5.61. The number of hydrazine groups is 1. The summed E-state index contributed by atoms with van der Waals surface area (Å²) in [7, 11) is 0. The Balaban J connectivity index is 1.28. The van der Waals surface area contributed by atoms with Crippen molar-refractivity contribution in [1.82, 2.24) is 20.7 Å². The van der Waals surface area contributed by atoms with E-state index >= 15 is 0 Å². The normalized spacial score (nSPS) is 20.7. The van der Waals surface area contributed by atoms with Gasteiger partial charge in [0.25, 0.3) is 5.91 Å². The van der Waals surface area contributed by atoms with Gasteiger partial charge < -0.3 is 15.2 Å². The summed E-state index contributed by atoms with van der Waals surface area (Å²) < 4.78 is 0. The second-order valence-corrected chi connectivity index (χ2v) is 7.68. The smallest absolute Gasteiger partial charge is 0.251 e. The topological polar surface area (TPSA) is 64.7 Å². The molecule has 4 rings (SSSR count). The first-order valence-electron chi connectivity index (χ1n) is 9.69. The van der Waals surface area contributed by atoms with E-state index in [2.05, 4.69) is 22.9 Å². The van der Waals surface area contributed by atoms with Crippen LogP contribution in [-0.4, -0.2) is 40.9 Å². The molecule has 2 aliphatic heterocycles. The number of fused-ring (bicyclic) bond motifs is 1. The van der Waals surface area contributed by atoms with Crippen molar-refractivity contribution < 1.29 is 9.59 Å². The third-order valence-corrected chi connectivity index (χ3v) is 5.49. The third-order valence-electron chi connectivity index (χ3n) is 5.24. The SMILES string of the molecule is O=C(CN1C=CN2NC(c3ccccc3)CC2C1=O)NCCc1ccc(Cl)cc1. The van der Waals surface area contributed by atoms with Crippen molar-refractivity contribution in [2.45, 2.75) is 24.9 Å². The zero-order chi connectivity index (χ0) is 20.2. The van der Waals surface area contributed by atoms with Crippen molar-refractivity contribution in [2.75, 3.05) is 13.1 Å². The fourth-order valence-corrected chi connectivity index (χ4v) is 3.80. The maximum absolute atomic E-state index is 12.8. The summed E-state index contributed by atoms with van der Waals surface area (Å²) in [5, 5.41) is 5.41. The Hall–Kier alpha value is -2.83. The van der Waals surface area contributed by atoms with Gasteiger partial charge in [-0.1, -0.05) is 54.1 Å². The zero-order valence-corrected chi connectivity index (χ0v) is 16.7. The molecule has 2 aliphatic rings. The van der Waals surface area contributed by atoms with E-state index in [1.165, 1.54) is 4.90 Å². The van der Waals surface area contributed by atoms with Gasteiger partial charge in [-0.05, 0) is 36.1 Å². The third kappa shape index (κ3) is 4.60. The minimum Gasteiger partial charge on any atom is -0.354 e. The highest BCUT2D eigenvalue weighted by molar-refractivity contribution is 6.30. The van der Waals surface area contributed by atoms with Crippen LogP contribution in [0.4, 0.5) is 0 Å². The quantitative estimate of drug-likeness (QED) is 0.768. The van der Waals surface area contributed by atoms with Crippen LogP contribution in [0.3, 0.4) is 0 Å². The molecule has 0 radical (unpaired) electrons. The highest BCUT2D eigenvalue weighted by atomic mass is 35.5. The number of nitrogens with zero attached hydrogens (tertiary/aromatic N) is 2. The lowest BCUT2D eigenvalue weighted by molar-refractivity contribution is -0.138. The van der Waals surface area contributed by atoms with Crippen LogP contribution in [0.25, 0.3) is 0 Å². The van der Waals surface area contributed by atoms with Crippen LogP contribution < -0.4 is 10.7 Å². The van der Waals surface area contributed by atoms with Gasteiger partial charge in [0.2, 0.25) is 5.91 Å². The summed E-state index contributed by atoms with van der Waals surface area (Å²) >= 11 is 5.88. The molecule has 2 atom stereocenters. The molecule has 1 saturated heterocycles. The Kier molecular flexibility index (Phi) is 5.83. The van der Waals surface area contributed by atoms with Crippen molar-refractivity contribution >= 4 is 23.4 Å². The molecule has 0 aromatic heterocycles. The summed E-state index contributed by atoms with van der Waals surface area (Å²) in [6, 6.07) is 17.4. The number of hydrogen-bond acceptors (Lipinski definition) is 4. The van der Waals surface area contributed by atoms with E-state index < -0.39 is 0 Å². The number of rotatable bonds is 6. The number of carbonyl (C=O) groups excluding carboxylic acids is 2. The molecule has 150 valence electrons. The summed E-state index contributed by atoms with van der Waals surface area (Å²) in [6.45, 7) is 0.537. The lowest BCUT2D eigenvalue weighted by atomic mass is 10.0. The molecule has 2 aromatic carbocycles. The fourth-order valence-electron chi connectivity index (χ4n) is 3.68. The van der Waals surface area contributed by atoms with Crippen molar-refractivity contribution in [3.05, 3.63) is 83.1 Å². The summed E-state index contributed by atoms with van der Waals surface area (Å²) in [5.74, 6) is -0.234. The molecule has 29 heavy (non-hydrogen) atoms. The first kappa shape index (κ1) is 19.5. The lowest BCUT2D eigenvalue weighted by Crippen LogP contribution is -2.50. The second-order valence-electron chi connectivity index (χ2n) is 7.24. The fraction of sp³-hybridized carbons (Fsp3) is 0.273. The largest absolute Gasteiger partial charge is 0.354 e. The second kappa shape index (κ2) is 8.68. The number of carbonyl (C=O) groups is 2. The van der Waals surface area contributed by atoms with E-state index in [0.717, 1.165) is 11.1 Å². The molecule has 7 heteroatoms. The predicted molar refractivity (Wildman–Crippen MR) is 112 cm³/mol. The molecule has 2 unspecified atom stereocenters. The van der Waals surface area contributed by atoms with Gasteiger partial charge in [-0.3, -0.25) is 9.59 Å². The van der Waals surface area contributed by atoms with E-state index in [0.29, 0.717) is 24.4 Å². The van der Waals surface area contributed by atoms with Crippen molar-refractivity contribution in [2.24, 2.45) is 0 Å². The average molecular weight is 411 g/mol. The zero-order valence-electron chi connectivity index (χ0n) is 15.9. The van der Waals surface area contributed by atoms with Crippen LogP contribution in [0, 0.1) is 0 Å². The first-order chi connectivity index (χ1) is 14.1. The number of hydrogen-bond donors (Lipinski definition) is 2. The molecule has 0 spiro atoms. The Morgan fingerprint density at radius 1 is 1.10 bits per heavy atom.